The Morgan fingerprint density at radius 1 is 1.18 bits per heavy atom. The van der Waals surface area contributed by atoms with E-state index in [1.807, 2.05) is 0 Å². The van der Waals surface area contributed by atoms with Crippen LogP contribution in [0, 0.1) is 5.82 Å². The number of halogens is 1. The Hall–Kier alpha value is -2.89. The highest BCUT2D eigenvalue weighted by Gasteiger charge is 2.11. The van der Waals surface area contributed by atoms with E-state index in [9.17, 15) is 19.1 Å². The van der Waals surface area contributed by atoms with E-state index in [-0.39, 0.29) is 35.1 Å². The normalized spacial score (nSPS) is 10.1. The van der Waals surface area contributed by atoms with Crippen LogP contribution in [0.5, 0.6) is 5.75 Å². The minimum Gasteiger partial charge on any atom is -0.506 e. The van der Waals surface area contributed by atoms with E-state index < -0.39 is 5.97 Å². The minimum atomic E-state index is -0.584. The van der Waals surface area contributed by atoms with Crippen molar-refractivity contribution in [3.05, 3.63) is 59.4 Å². The zero-order valence-electron chi connectivity index (χ0n) is 11.8. The Morgan fingerprint density at radius 3 is 2.45 bits per heavy atom. The molecule has 0 atom stereocenters. The van der Waals surface area contributed by atoms with Gasteiger partial charge in [-0.25, -0.2) is 9.18 Å². The number of carbonyl (C=O) groups is 2. The third-order valence-electron chi connectivity index (χ3n) is 2.97. The first-order chi connectivity index (χ1) is 10.5. The molecule has 0 spiro atoms. The molecule has 6 heteroatoms. The predicted octanol–water partition coefficient (Wildman–Crippen LogP) is 2.50. The van der Waals surface area contributed by atoms with Crippen LogP contribution in [0.15, 0.2) is 42.5 Å². The maximum absolute atomic E-state index is 12.8. The van der Waals surface area contributed by atoms with Crippen LogP contribution in [0.2, 0.25) is 0 Å². The fourth-order valence-electron chi connectivity index (χ4n) is 1.86. The first-order valence-corrected chi connectivity index (χ1v) is 6.45. The van der Waals surface area contributed by atoms with Crippen molar-refractivity contribution in [3.8, 4) is 5.75 Å². The SMILES string of the molecule is COC(=O)c1ccc(NC(=O)Cc2ccc(F)cc2)c(O)c1. The van der Waals surface area contributed by atoms with Crippen molar-refractivity contribution in [3.63, 3.8) is 0 Å². The molecule has 0 aliphatic rings. The van der Waals surface area contributed by atoms with E-state index in [0.29, 0.717) is 5.56 Å². The molecule has 0 fully saturated rings. The number of rotatable bonds is 4. The lowest BCUT2D eigenvalue weighted by Gasteiger charge is -2.08. The fourth-order valence-corrected chi connectivity index (χ4v) is 1.86. The van der Waals surface area contributed by atoms with E-state index in [1.54, 1.807) is 0 Å². The number of esters is 1. The van der Waals surface area contributed by atoms with Crippen molar-refractivity contribution in [2.75, 3.05) is 12.4 Å². The van der Waals surface area contributed by atoms with Gasteiger partial charge >= 0.3 is 5.97 Å². The summed E-state index contributed by atoms with van der Waals surface area (Å²) in [6.45, 7) is 0. The quantitative estimate of drug-likeness (QED) is 0.672. The van der Waals surface area contributed by atoms with Gasteiger partial charge in [-0.2, -0.15) is 0 Å². The van der Waals surface area contributed by atoms with Gasteiger partial charge in [-0.05, 0) is 35.9 Å². The molecule has 114 valence electrons. The number of anilines is 1. The molecule has 0 aromatic heterocycles. The van der Waals surface area contributed by atoms with Gasteiger partial charge in [0.1, 0.15) is 11.6 Å². The van der Waals surface area contributed by atoms with Crippen molar-refractivity contribution in [2.24, 2.45) is 0 Å². The first kappa shape index (κ1) is 15.5. The van der Waals surface area contributed by atoms with Crippen molar-refractivity contribution in [1.82, 2.24) is 0 Å². The Bertz CT molecular complexity index is 698. The second-order valence-corrected chi connectivity index (χ2v) is 4.57. The summed E-state index contributed by atoms with van der Waals surface area (Å²) < 4.78 is 17.3. The number of hydrogen-bond donors (Lipinski definition) is 2. The summed E-state index contributed by atoms with van der Waals surface area (Å²) in [6, 6.07) is 9.60. The lowest BCUT2D eigenvalue weighted by atomic mass is 10.1. The highest BCUT2D eigenvalue weighted by Crippen LogP contribution is 2.24. The number of hydrogen-bond acceptors (Lipinski definition) is 4. The van der Waals surface area contributed by atoms with E-state index in [2.05, 4.69) is 10.1 Å². The maximum atomic E-state index is 12.8. The molecule has 0 aliphatic heterocycles. The standard InChI is InChI=1S/C16H14FNO4/c1-22-16(21)11-4-7-13(14(19)9-11)18-15(20)8-10-2-5-12(17)6-3-10/h2-7,9,19H,8H2,1H3,(H,18,20). The lowest BCUT2D eigenvalue weighted by molar-refractivity contribution is -0.115. The summed E-state index contributed by atoms with van der Waals surface area (Å²) in [5.74, 6) is -1.57. The molecule has 22 heavy (non-hydrogen) atoms. The van der Waals surface area contributed by atoms with Crippen molar-refractivity contribution < 1.29 is 23.8 Å². The van der Waals surface area contributed by atoms with Gasteiger partial charge in [0.15, 0.2) is 0 Å². The number of nitrogens with one attached hydrogen (secondary N) is 1. The molecular formula is C16H14FNO4. The summed E-state index contributed by atoms with van der Waals surface area (Å²) in [6.07, 6.45) is 0.0402. The van der Waals surface area contributed by atoms with Gasteiger partial charge in [0.25, 0.3) is 0 Å². The molecule has 0 heterocycles. The summed E-state index contributed by atoms with van der Waals surface area (Å²) in [5, 5.41) is 12.3. The Kier molecular flexibility index (Phi) is 4.73. The summed E-state index contributed by atoms with van der Waals surface area (Å²) >= 11 is 0. The van der Waals surface area contributed by atoms with Gasteiger partial charge in [0.05, 0.1) is 24.8 Å². The van der Waals surface area contributed by atoms with Crippen LogP contribution in [0.25, 0.3) is 0 Å². The summed E-state index contributed by atoms with van der Waals surface area (Å²) in [7, 11) is 1.23. The predicted molar refractivity (Wildman–Crippen MR) is 78.2 cm³/mol. The minimum absolute atomic E-state index is 0.0402. The smallest absolute Gasteiger partial charge is 0.337 e. The average molecular weight is 303 g/mol. The van der Waals surface area contributed by atoms with Crippen LogP contribution in [0.3, 0.4) is 0 Å². The lowest BCUT2D eigenvalue weighted by Crippen LogP contribution is -2.14. The molecule has 5 nitrogen and oxygen atoms in total. The highest BCUT2D eigenvalue weighted by molar-refractivity contribution is 5.95. The average Bonchev–Trinajstić information content (AvgIpc) is 2.50. The number of methoxy groups -OCH3 is 1. The van der Waals surface area contributed by atoms with Crippen LogP contribution in [0.4, 0.5) is 10.1 Å². The van der Waals surface area contributed by atoms with E-state index in [0.717, 1.165) is 0 Å². The molecule has 0 unspecified atom stereocenters. The highest BCUT2D eigenvalue weighted by atomic mass is 19.1. The largest absolute Gasteiger partial charge is 0.506 e. The molecule has 2 N–H and O–H groups in total. The van der Waals surface area contributed by atoms with Crippen LogP contribution < -0.4 is 5.32 Å². The number of amides is 1. The maximum Gasteiger partial charge on any atom is 0.337 e. The number of carbonyl (C=O) groups excluding carboxylic acids is 2. The van der Waals surface area contributed by atoms with Crippen LogP contribution in [-0.4, -0.2) is 24.1 Å². The van der Waals surface area contributed by atoms with Crippen molar-refractivity contribution in [2.45, 2.75) is 6.42 Å². The Morgan fingerprint density at radius 2 is 1.86 bits per heavy atom. The first-order valence-electron chi connectivity index (χ1n) is 6.45. The summed E-state index contributed by atoms with van der Waals surface area (Å²) in [4.78, 5) is 23.2. The fraction of sp³-hybridized carbons (Fsp3) is 0.125. The van der Waals surface area contributed by atoms with Crippen LogP contribution in [0.1, 0.15) is 15.9 Å². The molecule has 0 saturated carbocycles. The molecule has 0 saturated heterocycles. The molecule has 0 aliphatic carbocycles. The van der Waals surface area contributed by atoms with Gasteiger partial charge in [0, 0.05) is 0 Å². The van der Waals surface area contributed by atoms with Crippen molar-refractivity contribution in [1.29, 1.82) is 0 Å². The number of phenolic OH excluding ortho intramolecular Hbond substituents is 1. The van der Waals surface area contributed by atoms with Gasteiger partial charge in [0.2, 0.25) is 5.91 Å². The van der Waals surface area contributed by atoms with Gasteiger partial charge in [-0.1, -0.05) is 12.1 Å². The number of ether oxygens (including phenoxy) is 1. The molecule has 0 bridgehead atoms. The van der Waals surface area contributed by atoms with E-state index >= 15 is 0 Å². The third kappa shape index (κ3) is 3.82. The number of benzene rings is 2. The molecule has 0 radical (unpaired) electrons. The topological polar surface area (TPSA) is 75.6 Å². The summed E-state index contributed by atoms with van der Waals surface area (Å²) in [5.41, 5.74) is 1.00. The zero-order valence-corrected chi connectivity index (χ0v) is 11.8. The molecular weight excluding hydrogens is 289 g/mol. The second-order valence-electron chi connectivity index (χ2n) is 4.57. The number of phenols is 1. The third-order valence-corrected chi connectivity index (χ3v) is 2.97. The van der Waals surface area contributed by atoms with E-state index in [1.165, 1.54) is 49.6 Å². The zero-order chi connectivity index (χ0) is 16.1. The Balaban J connectivity index is 2.05. The van der Waals surface area contributed by atoms with Gasteiger partial charge in [-0.15, -0.1) is 0 Å². The second kappa shape index (κ2) is 6.71. The van der Waals surface area contributed by atoms with Crippen molar-refractivity contribution >= 4 is 17.6 Å². The molecule has 2 aromatic rings. The molecule has 1 amide bonds. The monoisotopic (exact) mass is 303 g/mol. The van der Waals surface area contributed by atoms with Gasteiger partial charge < -0.3 is 15.2 Å². The van der Waals surface area contributed by atoms with E-state index in [4.69, 9.17) is 0 Å². The van der Waals surface area contributed by atoms with Gasteiger partial charge in [-0.3, -0.25) is 4.79 Å². The molecule has 2 aromatic carbocycles. The molecule has 2 rings (SSSR count). The Labute approximate surface area is 126 Å². The van der Waals surface area contributed by atoms with Crippen LogP contribution >= 0.6 is 0 Å². The van der Waals surface area contributed by atoms with Crippen LogP contribution in [-0.2, 0) is 16.0 Å². The number of aromatic hydroxyl groups is 1.